The smallest absolute Gasteiger partial charge is 0.446 e. The van der Waals surface area contributed by atoms with Gasteiger partial charge in [-0.05, 0) is 29.5 Å². The fourth-order valence-corrected chi connectivity index (χ4v) is 2.15. The van der Waals surface area contributed by atoms with Gasteiger partial charge < -0.3 is 10.5 Å². The van der Waals surface area contributed by atoms with Crippen LogP contribution in [0.1, 0.15) is 21.5 Å². The van der Waals surface area contributed by atoms with Gasteiger partial charge in [0.2, 0.25) is 0 Å². The number of nitrogens with two attached hydrogens (primary N) is 1. The summed E-state index contributed by atoms with van der Waals surface area (Å²) >= 11 is -0.374. The van der Waals surface area contributed by atoms with E-state index in [-0.39, 0.29) is 39.9 Å². The molecule has 8 heteroatoms. The average molecular weight is 290 g/mol. The molecule has 1 rings (SSSR count). The van der Waals surface area contributed by atoms with Gasteiger partial charge in [-0.25, -0.2) is 4.79 Å². The molecule has 0 aromatic heterocycles. The third-order valence-corrected chi connectivity index (χ3v) is 3.05. The van der Waals surface area contributed by atoms with Crippen LogP contribution < -0.4 is 5.73 Å². The van der Waals surface area contributed by atoms with E-state index in [4.69, 9.17) is 11.0 Å². The molecule has 0 fully saturated rings. The van der Waals surface area contributed by atoms with Gasteiger partial charge in [-0.3, -0.25) is 0 Å². The molecule has 0 aliphatic carbocycles. The van der Waals surface area contributed by atoms with Crippen LogP contribution in [0, 0.1) is 11.3 Å². The van der Waals surface area contributed by atoms with Crippen molar-refractivity contribution in [1.82, 2.24) is 0 Å². The van der Waals surface area contributed by atoms with Gasteiger partial charge in [-0.1, -0.05) is 0 Å². The third-order valence-electron chi connectivity index (χ3n) is 2.22. The number of carbonyl (C=O) groups excluding carboxylic acids is 1. The highest BCUT2D eigenvalue weighted by atomic mass is 32.2. The number of nitriles is 1. The van der Waals surface area contributed by atoms with Crippen molar-refractivity contribution in [1.29, 1.82) is 5.26 Å². The highest BCUT2D eigenvalue weighted by Gasteiger charge is 2.31. The highest BCUT2D eigenvalue weighted by molar-refractivity contribution is 8.00. The van der Waals surface area contributed by atoms with Gasteiger partial charge in [0.05, 0.1) is 18.2 Å². The molecule has 2 N–H and O–H groups in total. The van der Waals surface area contributed by atoms with Crippen molar-refractivity contribution in [3.8, 4) is 6.07 Å². The summed E-state index contributed by atoms with van der Waals surface area (Å²) in [6.45, 7) is -0.286. The number of halogens is 3. The number of benzene rings is 1. The zero-order valence-corrected chi connectivity index (χ0v) is 10.6. The number of esters is 1. The Morgan fingerprint density at radius 3 is 2.58 bits per heavy atom. The van der Waals surface area contributed by atoms with Crippen molar-refractivity contribution in [2.24, 2.45) is 5.73 Å². The molecular weight excluding hydrogens is 281 g/mol. The summed E-state index contributed by atoms with van der Waals surface area (Å²) in [7, 11) is 1.12. The lowest BCUT2D eigenvalue weighted by atomic mass is 10.0. The van der Waals surface area contributed by atoms with Gasteiger partial charge in [0.25, 0.3) is 0 Å². The second kappa shape index (κ2) is 5.95. The first-order valence-electron chi connectivity index (χ1n) is 4.94. The molecule has 1 aromatic carbocycles. The fraction of sp³-hybridized carbons (Fsp3) is 0.273. The quantitative estimate of drug-likeness (QED) is 0.683. The monoisotopic (exact) mass is 290 g/mol. The summed E-state index contributed by atoms with van der Waals surface area (Å²) in [5, 5.41) is 8.99. The number of alkyl halides is 3. The lowest BCUT2D eigenvalue weighted by Gasteiger charge is -2.13. The molecule has 4 nitrogen and oxygen atoms in total. The molecular formula is C11H9F3N2O2S. The molecule has 0 spiro atoms. The van der Waals surface area contributed by atoms with E-state index in [1.165, 1.54) is 0 Å². The van der Waals surface area contributed by atoms with Crippen molar-refractivity contribution in [3.05, 3.63) is 28.8 Å². The minimum Gasteiger partial charge on any atom is -0.465 e. The Balaban J connectivity index is 3.40. The zero-order valence-electron chi connectivity index (χ0n) is 9.75. The molecule has 102 valence electrons. The van der Waals surface area contributed by atoms with E-state index in [1.807, 2.05) is 0 Å². The van der Waals surface area contributed by atoms with Crippen molar-refractivity contribution >= 4 is 17.7 Å². The van der Waals surface area contributed by atoms with Gasteiger partial charge in [0.15, 0.2) is 0 Å². The minimum absolute atomic E-state index is 0.0206. The predicted octanol–water partition coefficient (Wildman–Crippen LogP) is 2.42. The number of hydrogen-bond acceptors (Lipinski definition) is 5. The number of carbonyl (C=O) groups is 1. The molecule has 19 heavy (non-hydrogen) atoms. The molecule has 0 unspecified atom stereocenters. The van der Waals surface area contributed by atoms with Gasteiger partial charge in [-0.2, -0.15) is 18.4 Å². The summed E-state index contributed by atoms with van der Waals surface area (Å²) in [6.07, 6.45) is 0. The topological polar surface area (TPSA) is 76.1 Å². The van der Waals surface area contributed by atoms with Gasteiger partial charge in [-0.15, -0.1) is 0 Å². The molecule has 0 aliphatic rings. The standard InChI is InChI=1S/C11H9F3N2O2S/c1-18-10(17)6-2-3-9(19-11(12,13)14)8(5-16)7(6)4-15/h2-3H,5,16H2,1H3. The van der Waals surface area contributed by atoms with E-state index in [0.29, 0.717) is 0 Å². The number of thioether (sulfide) groups is 1. The summed E-state index contributed by atoms with van der Waals surface area (Å²) < 4.78 is 41.6. The van der Waals surface area contributed by atoms with Crippen LogP contribution in [-0.4, -0.2) is 18.6 Å². The maximum Gasteiger partial charge on any atom is 0.446 e. The first-order valence-corrected chi connectivity index (χ1v) is 5.75. The molecule has 0 atom stereocenters. The van der Waals surface area contributed by atoms with Crippen LogP contribution in [0.15, 0.2) is 17.0 Å². The number of nitrogens with zero attached hydrogens (tertiary/aromatic N) is 1. The summed E-state index contributed by atoms with van der Waals surface area (Å²) in [6, 6.07) is 3.92. The molecule has 0 amide bonds. The largest absolute Gasteiger partial charge is 0.465 e. The summed E-state index contributed by atoms with van der Waals surface area (Å²) in [4.78, 5) is 11.2. The first-order chi connectivity index (χ1) is 8.84. The van der Waals surface area contributed by atoms with Crippen molar-refractivity contribution in [2.75, 3.05) is 7.11 Å². The Bertz CT molecular complexity index is 538. The SMILES string of the molecule is COC(=O)c1ccc(SC(F)(F)F)c(CN)c1C#N. The van der Waals surface area contributed by atoms with Crippen LogP contribution in [0.25, 0.3) is 0 Å². The molecule has 0 saturated heterocycles. The summed E-state index contributed by atoms with van der Waals surface area (Å²) in [5.41, 5.74) is 0.564. The van der Waals surface area contributed by atoms with Crippen LogP contribution >= 0.6 is 11.8 Å². The van der Waals surface area contributed by atoms with Gasteiger partial charge in [0.1, 0.15) is 6.07 Å². The minimum atomic E-state index is -4.50. The average Bonchev–Trinajstić information content (AvgIpc) is 2.35. The molecule has 0 aliphatic heterocycles. The zero-order chi connectivity index (χ0) is 14.6. The highest BCUT2D eigenvalue weighted by Crippen LogP contribution is 2.39. The maximum absolute atomic E-state index is 12.4. The van der Waals surface area contributed by atoms with Crippen LogP contribution in [-0.2, 0) is 11.3 Å². The fourth-order valence-electron chi connectivity index (χ4n) is 1.46. The third kappa shape index (κ3) is 3.62. The molecule has 1 aromatic rings. The molecule has 0 heterocycles. The number of methoxy groups -OCH3 is 1. The molecule has 0 radical (unpaired) electrons. The van der Waals surface area contributed by atoms with Crippen molar-refractivity contribution < 1.29 is 22.7 Å². The van der Waals surface area contributed by atoms with E-state index in [0.717, 1.165) is 19.2 Å². The second-order valence-corrected chi connectivity index (χ2v) is 4.43. The van der Waals surface area contributed by atoms with E-state index in [9.17, 15) is 18.0 Å². The Kier molecular flexibility index (Phi) is 4.80. The van der Waals surface area contributed by atoms with Gasteiger partial charge >= 0.3 is 11.5 Å². The lowest BCUT2D eigenvalue weighted by Crippen LogP contribution is -2.11. The van der Waals surface area contributed by atoms with Crippen LogP contribution in [0.2, 0.25) is 0 Å². The number of ether oxygens (including phenoxy) is 1. The maximum atomic E-state index is 12.4. The van der Waals surface area contributed by atoms with E-state index < -0.39 is 11.5 Å². The van der Waals surface area contributed by atoms with Crippen LogP contribution in [0.3, 0.4) is 0 Å². The predicted molar refractivity (Wildman–Crippen MR) is 62.3 cm³/mol. The first kappa shape index (κ1) is 15.3. The molecule has 0 saturated carbocycles. The Hall–Kier alpha value is -1.72. The Morgan fingerprint density at radius 1 is 1.53 bits per heavy atom. The van der Waals surface area contributed by atoms with Crippen LogP contribution in [0.5, 0.6) is 0 Å². The normalized spacial score (nSPS) is 10.9. The summed E-state index contributed by atoms with van der Waals surface area (Å²) in [5.74, 6) is -0.796. The van der Waals surface area contributed by atoms with Crippen LogP contribution in [0.4, 0.5) is 13.2 Å². The Morgan fingerprint density at radius 2 is 2.16 bits per heavy atom. The van der Waals surface area contributed by atoms with Crippen molar-refractivity contribution in [3.63, 3.8) is 0 Å². The second-order valence-electron chi connectivity index (χ2n) is 3.32. The van der Waals surface area contributed by atoms with E-state index in [2.05, 4.69) is 4.74 Å². The Labute approximate surface area is 111 Å². The number of hydrogen-bond donors (Lipinski definition) is 1. The molecule has 0 bridgehead atoms. The van der Waals surface area contributed by atoms with Gasteiger partial charge in [0, 0.05) is 11.4 Å². The van der Waals surface area contributed by atoms with E-state index >= 15 is 0 Å². The van der Waals surface area contributed by atoms with Crippen molar-refractivity contribution in [2.45, 2.75) is 16.9 Å². The van der Waals surface area contributed by atoms with E-state index in [1.54, 1.807) is 6.07 Å². The lowest BCUT2D eigenvalue weighted by molar-refractivity contribution is -0.0328. The number of rotatable bonds is 3.